The van der Waals surface area contributed by atoms with Gasteiger partial charge in [-0.2, -0.15) is 4.98 Å². The lowest BCUT2D eigenvalue weighted by Gasteiger charge is -2.14. The molecule has 1 atom stereocenters. The van der Waals surface area contributed by atoms with Crippen molar-refractivity contribution in [3.63, 3.8) is 0 Å². The first-order chi connectivity index (χ1) is 10.9. The van der Waals surface area contributed by atoms with Crippen molar-refractivity contribution < 1.29 is 4.52 Å². The summed E-state index contributed by atoms with van der Waals surface area (Å²) in [4.78, 5) is 9.18. The number of benzene rings is 1. The van der Waals surface area contributed by atoms with Crippen molar-refractivity contribution in [2.45, 2.75) is 52.6 Å². The largest absolute Gasteiger partial charge is 0.342 e. The van der Waals surface area contributed by atoms with Crippen molar-refractivity contribution >= 4 is 17.0 Å². The van der Waals surface area contributed by atoms with Crippen molar-refractivity contribution in [3.8, 4) is 0 Å². The number of nitrogens with zero attached hydrogens (tertiary/aromatic N) is 4. The lowest BCUT2D eigenvalue weighted by atomic mass is 9.97. The number of hydrogen-bond donors (Lipinski definition) is 1. The molecular weight excluding hydrogens is 290 g/mol. The normalized spacial score (nSPS) is 13.4. The Hall–Kier alpha value is -2.37. The second-order valence-electron chi connectivity index (χ2n) is 6.74. The molecule has 0 fully saturated rings. The van der Waals surface area contributed by atoms with E-state index >= 15 is 0 Å². The molecule has 23 heavy (non-hydrogen) atoms. The number of fused-ring (bicyclic) bond motifs is 1. The van der Waals surface area contributed by atoms with Crippen LogP contribution >= 0.6 is 0 Å². The summed E-state index contributed by atoms with van der Waals surface area (Å²) in [5.41, 5.74) is 1.98. The molecule has 1 N–H and O–H groups in total. The Balaban J connectivity index is 1.89. The maximum absolute atomic E-state index is 5.33. The summed E-state index contributed by atoms with van der Waals surface area (Å²) in [6, 6.07) is 8.14. The summed E-state index contributed by atoms with van der Waals surface area (Å²) in [6.45, 7) is 11.2. The Kier molecular flexibility index (Phi) is 3.83. The van der Waals surface area contributed by atoms with Gasteiger partial charge in [-0.1, -0.05) is 32.9 Å². The molecule has 1 aromatic carbocycles. The molecule has 0 aliphatic heterocycles. The van der Waals surface area contributed by atoms with Crippen LogP contribution in [-0.4, -0.2) is 19.7 Å². The summed E-state index contributed by atoms with van der Waals surface area (Å²) in [7, 11) is 0. The fourth-order valence-electron chi connectivity index (χ4n) is 2.60. The third-order valence-electron chi connectivity index (χ3n) is 3.80. The molecule has 122 valence electrons. The highest BCUT2D eigenvalue weighted by molar-refractivity contribution is 5.76. The highest BCUT2D eigenvalue weighted by Crippen LogP contribution is 2.25. The Morgan fingerprint density at radius 1 is 1.22 bits per heavy atom. The molecule has 2 aromatic heterocycles. The van der Waals surface area contributed by atoms with E-state index in [0.717, 1.165) is 23.4 Å². The number of aromatic nitrogens is 4. The Morgan fingerprint density at radius 3 is 2.61 bits per heavy atom. The van der Waals surface area contributed by atoms with Gasteiger partial charge < -0.3 is 14.4 Å². The fourth-order valence-corrected chi connectivity index (χ4v) is 2.60. The molecule has 1 unspecified atom stereocenters. The minimum absolute atomic E-state index is 0.0206. The van der Waals surface area contributed by atoms with E-state index in [2.05, 4.69) is 39.9 Å². The second kappa shape index (κ2) is 5.68. The van der Waals surface area contributed by atoms with Crippen LogP contribution in [0.5, 0.6) is 0 Å². The average molecular weight is 313 g/mol. The van der Waals surface area contributed by atoms with Crippen LogP contribution in [0.4, 0.5) is 5.95 Å². The predicted molar refractivity (Wildman–Crippen MR) is 90.4 cm³/mol. The summed E-state index contributed by atoms with van der Waals surface area (Å²) in [6.07, 6.45) is 0. The molecule has 0 aliphatic rings. The van der Waals surface area contributed by atoms with Gasteiger partial charge in [0.1, 0.15) is 5.82 Å². The first-order valence-electron chi connectivity index (χ1n) is 7.96. The standard InChI is InChI=1S/C17H23N5O/c1-6-22-13-10-8-7-9-12(13)19-14(22)11(2)18-16-20-15(23-21-16)17(3,4)5/h7-11H,6H2,1-5H3,(H,18,21). The Labute approximate surface area is 135 Å². The number of nitrogens with one attached hydrogen (secondary N) is 1. The SMILES string of the molecule is CCn1c(C(C)Nc2noc(C(C)(C)C)n2)nc2ccccc21. The number of anilines is 1. The van der Waals surface area contributed by atoms with Gasteiger partial charge in [-0.05, 0) is 31.1 Å². The number of aryl methyl sites for hydroxylation is 1. The van der Waals surface area contributed by atoms with E-state index in [1.54, 1.807) is 0 Å². The van der Waals surface area contributed by atoms with E-state index in [1.165, 1.54) is 0 Å². The predicted octanol–water partition coefficient (Wildman–Crippen LogP) is 3.91. The molecule has 6 nitrogen and oxygen atoms in total. The number of hydrogen-bond acceptors (Lipinski definition) is 5. The van der Waals surface area contributed by atoms with Crippen LogP contribution in [0.15, 0.2) is 28.8 Å². The number of imidazole rings is 1. The van der Waals surface area contributed by atoms with Crippen molar-refractivity contribution in [1.29, 1.82) is 0 Å². The van der Waals surface area contributed by atoms with Crippen LogP contribution in [0.2, 0.25) is 0 Å². The monoisotopic (exact) mass is 313 g/mol. The lowest BCUT2D eigenvalue weighted by Crippen LogP contribution is -2.15. The van der Waals surface area contributed by atoms with Crippen LogP contribution < -0.4 is 5.32 Å². The van der Waals surface area contributed by atoms with Gasteiger partial charge >= 0.3 is 0 Å². The van der Waals surface area contributed by atoms with Gasteiger partial charge in [-0.25, -0.2) is 4.98 Å². The van der Waals surface area contributed by atoms with Gasteiger partial charge in [0, 0.05) is 12.0 Å². The third kappa shape index (κ3) is 2.93. The van der Waals surface area contributed by atoms with E-state index < -0.39 is 0 Å². The van der Waals surface area contributed by atoms with Crippen LogP contribution in [-0.2, 0) is 12.0 Å². The molecule has 0 bridgehead atoms. The second-order valence-corrected chi connectivity index (χ2v) is 6.74. The minimum Gasteiger partial charge on any atom is -0.342 e. The maximum atomic E-state index is 5.33. The zero-order valence-corrected chi connectivity index (χ0v) is 14.3. The third-order valence-corrected chi connectivity index (χ3v) is 3.80. The van der Waals surface area contributed by atoms with Crippen LogP contribution in [0.25, 0.3) is 11.0 Å². The first-order valence-corrected chi connectivity index (χ1v) is 7.96. The molecule has 0 saturated carbocycles. The highest BCUT2D eigenvalue weighted by atomic mass is 16.5. The fraction of sp³-hybridized carbons (Fsp3) is 0.471. The first kappa shape index (κ1) is 15.5. The summed E-state index contributed by atoms with van der Waals surface area (Å²) < 4.78 is 7.54. The van der Waals surface area contributed by atoms with Crippen molar-refractivity contribution in [1.82, 2.24) is 19.7 Å². The van der Waals surface area contributed by atoms with Crippen LogP contribution in [0, 0.1) is 0 Å². The number of rotatable bonds is 4. The van der Waals surface area contributed by atoms with Crippen molar-refractivity contribution in [2.75, 3.05) is 5.32 Å². The molecule has 3 aromatic rings. The summed E-state index contributed by atoms with van der Waals surface area (Å²) in [5, 5.41) is 7.31. The zero-order chi connectivity index (χ0) is 16.6. The van der Waals surface area contributed by atoms with Gasteiger partial charge in [0.2, 0.25) is 5.89 Å². The molecule has 2 heterocycles. The van der Waals surface area contributed by atoms with Crippen LogP contribution in [0.1, 0.15) is 52.4 Å². The quantitative estimate of drug-likeness (QED) is 0.791. The average Bonchev–Trinajstić information content (AvgIpc) is 3.10. The van der Waals surface area contributed by atoms with Crippen LogP contribution in [0.3, 0.4) is 0 Å². The zero-order valence-electron chi connectivity index (χ0n) is 14.3. The van der Waals surface area contributed by atoms with E-state index in [4.69, 9.17) is 9.51 Å². The van der Waals surface area contributed by atoms with Crippen molar-refractivity contribution in [2.24, 2.45) is 0 Å². The lowest BCUT2D eigenvalue weighted by molar-refractivity contribution is 0.321. The molecule has 0 saturated heterocycles. The molecule has 0 aliphatic carbocycles. The minimum atomic E-state index is -0.160. The van der Waals surface area contributed by atoms with Gasteiger partial charge in [0.05, 0.1) is 17.1 Å². The highest BCUT2D eigenvalue weighted by Gasteiger charge is 2.23. The summed E-state index contributed by atoms with van der Waals surface area (Å²) in [5.74, 6) is 2.09. The van der Waals surface area contributed by atoms with Gasteiger partial charge in [0.15, 0.2) is 0 Å². The molecule has 3 rings (SSSR count). The van der Waals surface area contributed by atoms with E-state index in [9.17, 15) is 0 Å². The van der Waals surface area contributed by atoms with Gasteiger partial charge in [-0.3, -0.25) is 0 Å². The molecule has 0 amide bonds. The van der Waals surface area contributed by atoms with Crippen molar-refractivity contribution in [3.05, 3.63) is 36.0 Å². The molecule has 6 heteroatoms. The summed E-state index contributed by atoms with van der Waals surface area (Å²) >= 11 is 0. The van der Waals surface area contributed by atoms with Gasteiger partial charge in [0.25, 0.3) is 5.95 Å². The van der Waals surface area contributed by atoms with E-state index in [0.29, 0.717) is 11.8 Å². The Morgan fingerprint density at radius 2 is 1.96 bits per heavy atom. The van der Waals surface area contributed by atoms with Gasteiger partial charge in [-0.15, -0.1) is 0 Å². The number of para-hydroxylation sites is 2. The molecule has 0 spiro atoms. The Bertz CT molecular complexity index is 812. The molecule has 0 radical (unpaired) electrons. The van der Waals surface area contributed by atoms with E-state index in [-0.39, 0.29) is 11.5 Å². The molecular formula is C17H23N5O. The smallest absolute Gasteiger partial charge is 0.264 e. The van der Waals surface area contributed by atoms with E-state index in [1.807, 2.05) is 39.0 Å². The maximum Gasteiger partial charge on any atom is 0.264 e. The topological polar surface area (TPSA) is 68.8 Å².